The Bertz CT molecular complexity index is 1980. The molecule has 4 aliphatic rings. The number of ketones is 2. The SMILES string of the molecule is C=CCOC1=NS(=O)(=O)c2ccccc21.CN(C)[C@@H]1C(=O)C(C(N)=O)=C(O)[C@@]2(O)C(=O)C3=C(O)c4c(O)cccc4[C@@](C)(O)[C@H]3[C@H](O)[C@@H]12. The molecule has 2 aromatic rings. The van der Waals surface area contributed by atoms with Crippen LogP contribution in [0, 0.1) is 11.8 Å². The number of ether oxygens (including phenoxy) is 1. The van der Waals surface area contributed by atoms with Gasteiger partial charge in [0.2, 0.25) is 11.7 Å². The number of aliphatic hydroxyl groups is 5. The summed E-state index contributed by atoms with van der Waals surface area (Å²) in [6.07, 6.45) is -0.334. The number of nitrogens with two attached hydrogens (primary N) is 1. The van der Waals surface area contributed by atoms with Crippen molar-refractivity contribution in [2.45, 2.75) is 35.2 Å². The van der Waals surface area contributed by atoms with Crippen LogP contribution in [-0.4, -0.2) is 106 Å². The highest BCUT2D eigenvalue weighted by atomic mass is 32.2. The highest BCUT2D eigenvalue weighted by Gasteiger charge is 2.70. The number of amides is 1. The Labute approximate surface area is 274 Å². The van der Waals surface area contributed by atoms with Gasteiger partial charge in [0.1, 0.15) is 34.3 Å². The van der Waals surface area contributed by atoms with Crippen molar-refractivity contribution >= 4 is 39.2 Å². The molecule has 2 aromatic carbocycles. The summed E-state index contributed by atoms with van der Waals surface area (Å²) < 4.78 is 31.8. The second kappa shape index (κ2) is 11.7. The first-order chi connectivity index (χ1) is 22.3. The molecule has 0 bridgehead atoms. The maximum absolute atomic E-state index is 13.7. The van der Waals surface area contributed by atoms with Gasteiger partial charge in [0.15, 0.2) is 11.4 Å². The number of phenols is 1. The molecule has 6 atom stereocenters. The monoisotopic (exact) mass is 683 g/mol. The van der Waals surface area contributed by atoms with E-state index in [1.807, 2.05) is 0 Å². The number of fused-ring (bicyclic) bond motifs is 4. The standard InChI is InChI=1S/C22H24N2O9.C10H9NO3S/c1-21(32)7-5-4-6-8(25)9(7)15(26)10-12(21)17(28)13-14(24(2)3)16(27)11(20(23)31)19(30)22(13,33)18(10)29;1-2-7-14-10-8-5-3-4-6-9(8)15(12,13)11-10/h4-6,12-14,17,25-26,28,30,32-33H,1-3H3,(H2,23,31);2-6H,1,7H2/t12-,13-,14+,17+,21-,22+;/m1./s1. The molecule has 16 heteroatoms. The predicted molar refractivity (Wildman–Crippen MR) is 168 cm³/mol. The van der Waals surface area contributed by atoms with Crippen molar-refractivity contribution in [2.75, 3.05) is 20.7 Å². The summed E-state index contributed by atoms with van der Waals surface area (Å²) in [6, 6.07) is 9.08. The van der Waals surface area contributed by atoms with Gasteiger partial charge in [-0.05, 0) is 44.8 Å². The van der Waals surface area contributed by atoms with Crippen LogP contribution < -0.4 is 5.73 Å². The zero-order chi connectivity index (χ0) is 35.7. The fraction of sp³-hybridized carbons (Fsp3) is 0.312. The van der Waals surface area contributed by atoms with Crippen molar-refractivity contribution < 1.29 is 58.2 Å². The summed E-state index contributed by atoms with van der Waals surface area (Å²) in [4.78, 5) is 40.1. The molecule has 8 N–H and O–H groups in total. The lowest BCUT2D eigenvalue weighted by Crippen LogP contribution is -2.71. The van der Waals surface area contributed by atoms with Gasteiger partial charge in [-0.1, -0.05) is 36.9 Å². The van der Waals surface area contributed by atoms with Crippen LogP contribution in [0.3, 0.4) is 0 Å². The summed E-state index contributed by atoms with van der Waals surface area (Å²) in [5.74, 6) is -9.53. The molecule has 1 amide bonds. The molecule has 0 saturated heterocycles. The van der Waals surface area contributed by atoms with Crippen molar-refractivity contribution in [1.29, 1.82) is 0 Å². The fourth-order valence-corrected chi connectivity index (χ4v) is 8.07. The minimum atomic E-state index is -3.56. The predicted octanol–water partition coefficient (Wildman–Crippen LogP) is -0.0621. The molecular weight excluding hydrogens is 650 g/mol. The van der Waals surface area contributed by atoms with E-state index in [-0.39, 0.29) is 28.5 Å². The molecule has 1 aliphatic heterocycles. The molecule has 3 aliphatic carbocycles. The van der Waals surface area contributed by atoms with Crippen molar-refractivity contribution in [2.24, 2.45) is 22.0 Å². The number of aliphatic hydroxyl groups excluding tert-OH is 3. The molecule has 0 aromatic heterocycles. The largest absolute Gasteiger partial charge is 0.508 e. The number of phenolic OH excluding ortho intramolecular Hbond substituents is 1. The van der Waals surface area contributed by atoms with Crippen LogP contribution in [0.2, 0.25) is 0 Å². The van der Waals surface area contributed by atoms with Crippen LogP contribution >= 0.6 is 0 Å². The van der Waals surface area contributed by atoms with Gasteiger partial charge in [-0.2, -0.15) is 8.42 Å². The van der Waals surface area contributed by atoms with E-state index in [0.717, 1.165) is 0 Å². The number of benzene rings is 2. The number of hydrogen-bond acceptors (Lipinski definition) is 13. The van der Waals surface area contributed by atoms with Crippen LogP contribution in [0.4, 0.5) is 0 Å². The fourth-order valence-electron chi connectivity index (χ4n) is 6.91. The highest BCUT2D eigenvalue weighted by Crippen LogP contribution is 2.57. The lowest BCUT2D eigenvalue weighted by molar-refractivity contribution is -0.181. The van der Waals surface area contributed by atoms with Gasteiger partial charge in [-0.3, -0.25) is 19.3 Å². The van der Waals surface area contributed by atoms with Crippen LogP contribution in [0.15, 0.2) is 81.3 Å². The molecule has 15 nitrogen and oxygen atoms in total. The normalized spacial score (nSPS) is 29.9. The van der Waals surface area contributed by atoms with E-state index in [2.05, 4.69) is 11.0 Å². The number of primary amides is 1. The number of rotatable bonds is 4. The summed E-state index contributed by atoms with van der Waals surface area (Å²) in [5, 5.41) is 66.3. The van der Waals surface area contributed by atoms with E-state index in [1.165, 1.54) is 56.3 Å². The number of nitrogens with zero attached hydrogens (tertiary/aromatic N) is 2. The molecule has 0 unspecified atom stereocenters. The molecule has 6 rings (SSSR count). The number of carbonyl (C=O) groups excluding carboxylic acids is 3. The minimum absolute atomic E-state index is 0.00664. The molecule has 48 heavy (non-hydrogen) atoms. The van der Waals surface area contributed by atoms with Crippen molar-refractivity contribution in [1.82, 2.24) is 4.90 Å². The molecule has 0 radical (unpaired) electrons. The molecule has 1 saturated carbocycles. The quantitative estimate of drug-likeness (QED) is 0.165. The summed E-state index contributed by atoms with van der Waals surface area (Å²) in [5.41, 5.74) is -1.26. The van der Waals surface area contributed by atoms with Gasteiger partial charge in [0.25, 0.3) is 15.9 Å². The topological polar surface area (TPSA) is 258 Å². The number of likely N-dealkylation sites (N-methyl/N-ethyl adjacent to an activating group) is 1. The van der Waals surface area contributed by atoms with Crippen molar-refractivity contribution in [3.63, 3.8) is 0 Å². The van der Waals surface area contributed by atoms with Crippen molar-refractivity contribution in [3.05, 3.63) is 88.7 Å². The molecule has 0 spiro atoms. The van der Waals surface area contributed by atoms with Gasteiger partial charge in [0, 0.05) is 0 Å². The first kappa shape index (κ1) is 34.5. The first-order valence-corrected chi connectivity index (χ1v) is 15.8. The van der Waals surface area contributed by atoms with Crippen LogP contribution in [0.1, 0.15) is 23.6 Å². The number of Topliss-reactive ketones (excluding diaryl/α,β-unsaturated/α-hetero) is 2. The average molecular weight is 684 g/mol. The number of hydrogen-bond donors (Lipinski definition) is 7. The lowest BCUT2D eigenvalue weighted by atomic mass is 9.53. The van der Waals surface area contributed by atoms with Gasteiger partial charge < -0.3 is 41.1 Å². The van der Waals surface area contributed by atoms with E-state index in [4.69, 9.17) is 10.5 Å². The maximum atomic E-state index is 13.7. The molecule has 254 valence electrons. The molecule has 1 fully saturated rings. The molecule has 1 heterocycles. The smallest absolute Gasteiger partial charge is 0.286 e. The van der Waals surface area contributed by atoms with E-state index in [1.54, 1.807) is 18.2 Å². The lowest BCUT2D eigenvalue weighted by Gasteiger charge is -2.55. The van der Waals surface area contributed by atoms with E-state index in [0.29, 0.717) is 5.56 Å². The number of sulfonamides is 1. The van der Waals surface area contributed by atoms with E-state index >= 15 is 0 Å². The Morgan fingerprint density at radius 3 is 2.35 bits per heavy atom. The van der Waals surface area contributed by atoms with Crippen LogP contribution in [-0.2, 0) is 34.7 Å². The third-order valence-electron chi connectivity index (χ3n) is 8.97. The number of carbonyl (C=O) groups is 3. The Kier molecular flexibility index (Phi) is 8.38. The average Bonchev–Trinajstić information content (AvgIpc) is 3.27. The van der Waals surface area contributed by atoms with Crippen LogP contribution in [0.25, 0.3) is 5.76 Å². The van der Waals surface area contributed by atoms with Gasteiger partial charge in [-0.15, -0.1) is 4.40 Å². The summed E-state index contributed by atoms with van der Waals surface area (Å²) in [7, 11) is -0.758. The zero-order valence-electron chi connectivity index (χ0n) is 25.9. The van der Waals surface area contributed by atoms with Gasteiger partial charge in [-0.25, -0.2) is 0 Å². The maximum Gasteiger partial charge on any atom is 0.286 e. The first-order valence-electron chi connectivity index (χ1n) is 14.4. The Morgan fingerprint density at radius 2 is 1.75 bits per heavy atom. The zero-order valence-corrected chi connectivity index (χ0v) is 26.7. The van der Waals surface area contributed by atoms with Gasteiger partial charge >= 0.3 is 0 Å². The number of aromatic hydroxyl groups is 1. The summed E-state index contributed by atoms with van der Waals surface area (Å²) >= 11 is 0. The van der Waals surface area contributed by atoms with Crippen molar-refractivity contribution in [3.8, 4) is 5.75 Å². The second-order valence-electron chi connectivity index (χ2n) is 12.0. The van der Waals surface area contributed by atoms with Gasteiger partial charge in [0.05, 0.1) is 46.3 Å². The Morgan fingerprint density at radius 1 is 1.10 bits per heavy atom. The minimum Gasteiger partial charge on any atom is -0.508 e. The Balaban J connectivity index is 0.000000250. The third-order valence-corrected chi connectivity index (χ3v) is 10.3. The highest BCUT2D eigenvalue weighted by molar-refractivity contribution is 7.90. The molecular formula is C32H33N3O12S. The van der Waals surface area contributed by atoms with E-state index in [9.17, 15) is 53.4 Å². The second-order valence-corrected chi connectivity index (χ2v) is 13.6. The van der Waals surface area contributed by atoms with E-state index < -0.39 is 91.1 Å². The summed E-state index contributed by atoms with van der Waals surface area (Å²) in [6.45, 7) is 4.98. The van der Waals surface area contributed by atoms with Crippen LogP contribution in [0.5, 0.6) is 5.75 Å². The Hall–Kier alpha value is -4.87. The third kappa shape index (κ3) is 4.83.